The van der Waals surface area contributed by atoms with Crippen molar-refractivity contribution in [3.05, 3.63) is 35.9 Å². The first-order valence-corrected chi connectivity index (χ1v) is 13.1. The first-order chi connectivity index (χ1) is 20.1. The van der Waals surface area contributed by atoms with Crippen LogP contribution in [0.1, 0.15) is 29.2 Å². The molecular weight excluding hydrogens is 541 g/mol. The standard InChI is InChI=1S/C25H25B3N8O6/c1-40-21-14(22-31-18(42-35-22)12-19(37)36-7-9-41-10-8-36)3-2-4-15(21)29-16-11-17(30-23(38)13-5-6-13)33-34-20(16)24(39)32-25(26,27)28/h2-4,11,13H,5-10,12H2,1H3,(H,32,39)(H2,29,30,33,38). The molecule has 3 heterocycles. The second kappa shape index (κ2) is 12.2. The van der Waals surface area contributed by atoms with Gasteiger partial charge in [0, 0.05) is 25.1 Å². The summed E-state index contributed by atoms with van der Waals surface area (Å²) in [6.07, 6.45) is 1.52. The molecule has 2 aliphatic rings. The van der Waals surface area contributed by atoms with Crippen LogP contribution < -0.4 is 20.7 Å². The molecule has 3 amide bonds. The number of rotatable bonds is 10. The molecule has 1 saturated heterocycles. The fourth-order valence-electron chi connectivity index (χ4n) is 4.21. The number of hydrogen-bond acceptors (Lipinski definition) is 11. The van der Waals surface area contributed by atoms with Gasteiger partial charge < -0.3 is 34.8 Å². The molecule has 3 aromatic rings. The Kier molecular flexibility index (Phi) is 8.47. The molecule has 5 rings (SSSR count). The first-order valence-electron chi connectivity index (χ1n) is 13.1. The Morgan fingerprint density at radius 3 is 2.57 bits per heavy atom. The summed E-state index contributed by atoms with van der Waals surface area (Å²) in [5.74, 6) is -0.508. The molecule has 42 heavy (non-hydrogen) atoms. The maximum Gasteiger partial charge on any atom is 0.272 e. The minimum absolute atomic E-state index is 0.0608. The molecule has 0 spiro atoms. The van der Waals surface area contributed by atoms with E-state index in [0.717, 1.165) is 12.8 Å². The van der Waals surface area contributed by atoms with Crippen molar-refractivity contribution >= 4 is 58.5 Å². The van der Waals surface area contributed by atoms with Gasteiger partial charge in [-0.2, -0.15) is 4.98 Å². The molecule has 0 bridgehead atoms. The van der Waals surface area contributed by atoms with Crippen molar-refractivity contribution in [2.75, 3.05) is 44.0 Å². The van der Waals surface area contributed by atoms with Crippen LogP contribution in [0.25, 0.3) is 11.4 Å². The van der Waals surface area contributed by atoms with E-state index < -0.39 is 11.1 Å². The monoisotopic (exact) mass is 566 g/mol. The quantitative estimate of drug-likeness (QED) is 0.279. The number of amides is 3. The normalized spacial score (nSPS) is 15.1. The summed E-state index contributed by atoms with van der Waals surface area (Å²) in [6, 6.07) is 6.51. The van der Waals surface area contributed by atoms with E-state index in [-0.39, 0.29) is 53.1 Å². The average molecular weight is 566 g/mol. The molecule has 210 valence electrons. The molecule has 14 nitrogen and oxygen atoms in total. The highest BCUT2D eigenvalue weighted by atomic mass is 16.5. The van der Waals surface area contributed by atoms with E-state index >= 15 is 0 Å². The number of para-hydroxylation sites is 1. The summed E-state index contributed by atoms with van der Waals surface area (Å²) in [7, 11) is 18.1. The Bertz CT molecular complexity index is 1490. The van der Waals surface area contributed by atoms with Crippen LogP contribution in [0, 0.1) is 5.92 Å². The summed E-state index contributed by atoms with van der Waals surface area (Å²) in [5, 5.41) is 17.9. The molecule has 1 saturated carbocycles. The average Bonchev–Trinajstić information content (AvgIpc) is 3.71. The maximum atomic E-state index is 12.9. The number of benzene rings is 1. The Labute approximate surface area is 244 Å². The molecule has 0 unspecified atom stereocenters. The maximum absolute atomic E-state index is 12.9. The Morgan fingerprint density at radius 1 is 1.12 bits per heavy atom. The number of hydrogen-bond donors (Lipinski definition) is 3. The highest BCUT2D eigenvalue weighted by Crippen LogP contribution is 2.37. The van der Waals surface area contributed by atoms with Crippen molar-refractivity contribution in [3.8, 4) is 17.1 Å². The molecule has 2 aromatic heterocycles. The highest BCUT2D eigenvalue weighted by molar-refractivity contribution is 6.60. The topological polar surface area (TPSA) is 174 Å². The van der Waals surface area contributed by atoms with Gasteiger partial charge in [-0.1, -0.05) is 16.5 Å². The summed E-state index contributed by atoms with van der Waals surface area (Å²) in [4.78, 5) is 43.9. The van der Waals surface area contributed by atoms with Crippen molar-refractivity contribution in [1.82, 2.24) is 30.6 Å². The number of morpholine rings is 1. The van der Waals surface area contributed by atoms with E-state index in [1.807, 2.05) is 0 Å². The minimum Gasteiger partial charge on any atom is -0.494 e. The van der Waals surface area contributed by atoms with Crippen molar-refractivity contribution in [2.45, 2.75) is 24.5 Å². The van der Waals surface area contributed by atoms with E-state index in [9.17, 15) is 14.4 Å². The number of ether oxygens (including phenoxy) is 2. The number of methoxy groups -OCH3 is 1. The lowest BCUT2D eigenvalue weighted by Gasteiger charge is -2.26. The summed E-state index contributed by atoms with van der Waals surface area (Å²) in [5.41, 5.74) is 0.752. The second-order valence-electron chi connectivity index (χ2n) is 9.84. The Hall–Kier alpha value is -4.40. The van der Waals surface area contributed by atoms with Gasteiger partial charge in [-0.3, -0.25) is 14.4 Å². The molecule has 1 aromatic carbocycles. The van der Waals surface area contributed by atoms with Crippen LogP contribution in [-0.4, -0.2) is 105 Å². The van der Waals surface area contributed by atoms with Crippen LogP contribution in [-0.2, 0) is 20.7 Å². The van der Waals surface area contributed by atoms with Gasteiger partial charge in [0.15, 0.2) is 17.3 Å². The summed E-state index contributed by atoms with van der Waals surface area (Å²) < 4.78 is 16.3. The summed E-state index contributed by atoms with van der Waals surface area (Å²) in [6.45, 7) is 1.96. The second-order valence-corrected chi connectivity index (χ2v) is 9.84. The molecule has 3 N–H and O–H groups in total. The molecule has 6 radical (unpaired) electrons. The Balaban J connectivity index is 1.42. The van der Waals surface area contributed by atoms with E-state index in [2.05, 4.69) is 36.3 Å². The number of nitrogens with one attached hydrogen (secondary N) is 3. The third-order valence-electron chi connectivity index (χ3n) is 6.40. The number of carbonyl (C=O) groups is 3. The lowest BCUT2D eigenvalue weighted by molar-refractivity contribution is -0.134. The fraction of sp³-hybridized carbons (Fsp3) is 0.400. The van der Waals surface area contributed by atoms with Gasteiger partial charge in [-0.15, -0.1) is 10.2 Å². The Morgan fingerprint density at radius 2 is 1.88 bits per heavy atom. The smallest absolute Gasteiger partial charge is 0.272 e. The van der Waals surface area contributed by atoms with E-state index in [1.54, 1.807) is 23.1 Å². The van der Waals surface area contributed by atoms with Gasteiger partial charge in [0.05, 0.1) is 60.8 Å². The van der Waals surface area contributed by atoms with Crippen molar-refractivity contribution in [3.63, 3.8) is 0 Å². The number of nitrogens with zero attached hydrogens (tertiary/aromatic N) is 5. The fourth-order valence-corrected chi connectivity index (χ4v) is 4.21. The van der Waals surface area contributed by atoms with Gasteiger partial charge in [0.2, 0.25) is 23.5 Å². The zero-order chi connectivity index (χ0) is 29.9. The third kappa shape index (κ3) is 7.08. The molecule has 0 atom stereocenters. The number of aromatic nitrogens is 4. The number of anilines is 3. The van der Waals surface area contributed by atoms with Crippen LogP contribution in [0.4, 0.5) is 17.2 Å². The van der Waals surface area contributed by atoms with Crippen molar-refractivity contribution in [1.29, 1.82) is 0 Å². The van der Waals surface area contributed by atoms with Crippen LogP contribution >= 0.6 is 0 Å². The first kappa shape index (κ1) is 29.1. The van der Waals surface area contributed by atoms with Gasteiger partial charge in [0.25, 0.3) is 5.91 Å². The van der Waals surface area contributed by atoms with E-state index in [4.69, 9.17) is 37.5 Å². The zero-order valence-electron chi connectivity index (χ0n) is 22.8. The summed E-state index contributed by atoms with van der Waals surface area (Å²) >= 11 is 0. The third-order valence-corrected chi connectivity index (χ3v) is 6.40. The van der Waals surface area contributed by atoms with Crippen molar-refractivity contribution < 1.29 is 28.4 Å². The zero-order valence-corrected chi connectivity index (χ0v) is 22.8. The predicted octanol–water partition coefficient (Wildman–Crippen LogP) is -0.125. The lowest BCUT2D eigenvalue weighted by Crippen LogP contribution is -2.50. The molecule has 1 aliphatic carbocycles. The molecule has 2 fully saturated rings. The highest BCUT2D eigenvalue weighted by Gasteiger charge is 2.30. The van der Waals surface area contributed by atoms with Gasteiger partial charge in [-0.25, -0.2) is 0 Å². The van der Waals surface area contributed by atoms with E-state index in [0.29, 0.717) is 43.3 Å². The van der Waals surface area contributed by atoms with Crippen LogP contribution in [0.2, 0.25) is 0 Å². The van der Waals surface area contributed by atoms with Crippen LogP contribution in [0.15, 0.2) is 28.8 Å². The van der Waals surface area contributed by atoms with E-state index in [1.165, 1.54) is 13.2 Å². The van der Waals surface area contributed by atoms with Crippen LogP contribution in [0.5, 0.6) is 5.75 Å². The predicted molar refractivity (Wildman–Crippen MR) is 152 cm³/mol. The van der Waals surface area contributed by atoms with Crippen LogP contribution in [0.3, 0.4) is 0 Å². The number of carbonyl (C=O) groups excluding carboxylic acids is 3. The molecular formula is C25H25B3N8O6. The van der Waals surface area contributed by atoms with Gasteiger partial charge in [-0.05, 0) is 25.0 Å². The van der Waals surface area contributed by atoms with Gasteiger partial charge >= 0.3 is 0 Å². The van der Waals surface area contributed by atoms with Crippen molar-refractivity contribution in [2.24, 2.45) is 5.92 Å². The minimum atomic E-state index is -2.02. The SMILES string of the molecule is [B]C([B])([B])NC(=O)c1nnc(NC(=O)C2CC2)cc1Nc1cccc(-c2noc(CC(=O)N3CCOCC3)n2)c1OC. The lowest BCUT2D eigenvalue weighted by atomic mass is 9.49. The largest absolute Gasteiger partial charge is 0.494 e. The molecule has 17 heteroatoms. The van der Waals surface area contributed by atoms with Gasteiger partial charge in [0.1, 0.15) is 6.42 Å². The molecule has 1 aliphatic heterocycles.